The van der Waals surface area contributed by atoms with Crippen molar-refractivity contribution < 1.29 is 9.90 Å². The molecule has 156 valence electrons. The minimum absolute atomic E-state index is 0.272. The van der Waals surface area contributed by atoms with Gasteiger partial charge in [-0.15, -0.1) is 0 Å². The van der Waals surface area contributed by atoms with Gasteiger partial charge in [0.1, 0.15) is 0 Å². The second-order valence-corrected chi connectivity index (χ2v) is 9.15. The van der Waals surface area contributed by atoms with Crippen molar-refractivity contribution in [2.75, 3.05) is 0 Å². The van der Waals surface area contributed by atoms with Crippen molar-refractivity contribution in [3.05, 3.63) is 107 Å². The number of fused-ring (bicyclic) bond motifs is 6. The molecule has 0 fully saturated rings. The van der Waals surface area contributed by atoms with E-state index in [0.717, 1.165) is 17.7 Å². The lowest BCUT2D eigenvalue weighted by molar-refractivity contribution is 0.0696. The quantitative estimate of drug-likeness (QED) is 0.349. The maximum atomic E-state index is 11.6. The second kappa shape index (κ2) is 6.57. The van der Waals surface area contributed by atoms with Crippen LogP contribution in [-0.2, 0) is 12.0 Å². The highest BCUT2D eigenvalue weighted by molar-refractivity contribution is 6.08. The zero-order valence-electron chi connectivity index (χ0n) is 18.1. The molecule has 1 heterocycles. The van der Waals surface area contributed by atoms with Gasteiger partial charge in [0.15, 0.2) is 0 Å². The Hall–Kier alpha value is -3.85. The van der Waals surface area contributed by atoms with Crippen molar-refractivity contribution in [3.63, 3.8) is 0 Å². The first-order valence-electron chi connectivity index (χ1n) is 10.9. The number of hydrogen-bond acceptors (Lipinski definition) is 1. The number of carbonyl (C=O) groups is 1. The first-order chi connectivity index (χ1) is 15.5. The molecule has 1 aromatic heterocycles. The number of nitrogens with zero attached hydrogens (tertiary/aromatic N) is 1. The van der Waals surface area contributed by atoms with E-state index in [1.807, 2.05) is 12.1 Å². The molecule has 5 aromatic rings. The predicted molar refractivity (Wildman–Crippen MR) is 130 cm³/mol. The molecule has 0 bridgehead atoms. The normalized spacial score (nSPS) is 13.9. The number of benzene rings is 4. The van der Waals surface area contributed by atoms with Crippen molar-refractivity contribution in [1.82, 2.24) is 4.57 Å². The Morgan fingerprint density at radius 3 is 2.12 bits per heavy atom. The lowest BCUT2D eigenvalue weighted by atomic mass is 9.79. The molecule has 32 heavy (non-hydrogen) atoms. The van der Waals surface area contributed by atoms with Gasteiger partial charge in [-0.05, 0) is 52.1 Å². The summed E-state index contributed by atoms with van der Waals surface area (Å²) in [6, 6.07) is 29.2. The van der Waals surface area contributed by atoms with Gasteiger partial charge >= 0.3 is 5.97 Å². The van der Waals surface area contributed by atoms with Gasteiger partial charge in [0.25, 0.3) is 0 Å². The van der Waals surface area contributed by atoms with Gasteiger partial charge in [-0.2, -0.15) is 0 Å². The van der Waals surface area contributed by atoms with Gasteiger partial charge in [0.2, 0.25) is 0 Å². The summed E-state index contributed by atoms with van der Waals surface area (Å²) in [6.45, 7) is 5.18. The summed E-state index contributed by atoms with van der Waals surface area (Å²) >= 11 is 0. The van der Waals surface area contributed by atoms with Crippen LogP contribution in [0.5, 0.6) is 0 Å². The fraction of sp³-hybridized carbons (Fsp3) is 0.138. The van der Waals surface area contributed by atoms with Gasteiger partial charge in [-0.1, -0.05) is 74.5 Å². The first kappa shape index (κ1) is 18.9. The Labute approximate surface area is 186 Å². The smallest absolute Gasteiger partial charge is 0.335 e. The van der Waals surface area contributed by atoms with Gasteiger partial charge < -0.3 is 9.67 Å². The van der Waals surface area contributed by atoms with Crippen LogP contribution in [0.25, 0.3) is 32.9 Å². The van der Waals surface area contributed by atoms with Crippen LogP contribution in [-0.4, -0.2) is 15.6 Å². The summed E-state index contributed by atoms with van der Waals surface area (Å²) in [6.07, 6.45) is 0. The maximum absolute atomic E-state index is 11.6. The summed E-state index contributed by atoms with van der Waals surface area (Å²) in [5, 5.41) is 12.1. The van der Waals surface area contributed by atoms with Crippen LogP contribution < -0.4 is 0 Å². The molecule has 3 heteroatoms. The van der Waals surface area contributed by atoms with E-state index < -0.39 is 5.97 Å². The average molecular weight is 418 g/mol. The summed E-state index contributed by atoms with van der Waals surface area (Å²) in [7, 11) is 0. The molecule has 0 spiro atoms. The zero-order valence-corrected chi connectivity index (χ0v) is 18.1. The lowest BCUT2D eigenvalue weighted by Gasteiger charge is -2.25. The monoisotopic (exact) mass is 417 g/mol. The van der Waals surface area contributed by atoms with E-state index in [1.54, 1.807) is 6.07 Å². The van der Waals surface area contributed by atoms with Gasteiger partial charge in [-0.3, -0.25) is 0 Å². The molecule has 3 nitrogen and oxygen atoms in total. The average Bonchev–Trinajstić information content (AvgIpc) is 3.24. The molecule has 6 rings (SSSR count). The topological polar surface area (TPSA) is 42.2 Å². The van der Waals surface area contributed by atoms with Crippen molar-refractivity contribution in [1.29, 1.82) is 0 Å². The van der Waals surface area contributed by atoms with Crippen LogP contribution in [0, 0.1) is 0 Å². The van der Waals surface area contributed by atoms with E-state index in [0.29, 0.717) is 5.56 Å². The van der Waals surface area contributed by atoms with Gasteiger partial charge in [-0.25, -0.2) is 4.79 Å². The summed E-state index contributed by atoms with van der Waals surface area (Å²) in [4.78, 5) is 11.6. The van der Waals surface area contributed by atoms with E-state index >= 15 is 0 Å². The molecule has 4 aromatic carbocycles. The Morgan fingerprint density at radius 2 is 1.47 bits per heavy atom. The second-order valence-electron chi connectivity index (χ2n) is 9.15. The molecular formula is C29H23NO2. The molecular weight excluding hydrogens is 394 g/mol. The van der Waals surface area contributed by atoms with Crippen LogP contribution in [0.1, 0.15) is 40.9 Å². The van der Waals surface area contributed by atoms with Crippen LogP contribution in [0.3, 0.4) is 0 Å². The predicted octanol–water partition coefficient (Wildman–Crippen LogP) is 6.85. The molecule has 0 radical (unpaired) electrons. The fourth-order valence-corrected chi connectivity index (χ4v) is 5.60. The SMILES string of the molecule is CC1(C)c2cc(C(=O)O)ccc2-c2cccc(Cn3c4ccccc4c4ccccc43)c21. The van der Waals surface area contributed by atoms with E-state index in [-0.39, 0.29) is 5.41 Å². The Bertz CT molecular complexity index is 1500. The molecule has 0 amide bonds. The third-order valence-corrected chi connectivity index (χ3v) is 7.01. The molecule has 0 atom stereocenters. The fourth-order valence-electron chi connectivity index (χ4n) is 5.60. The Balaban J connectivity index is 1.56. The number of hydrogen-bond donors (Lipinski definition) is 1. The number of rotatable bonds is 3. The highest BCUT2D eigenvalue weighted by Gasteiger charge is 2.37. The molecule has 1 aliphatic rings. The molecule has 1 N–H and O–H groups in total. The van der Waals surface area contributed by atoms with E-state index in [4.69, 9.17) is 0 Å². The van der Waals surface area contributed by atoms with E-state index in [9.17, 15) is 9.90 Å². The largest absolute Gasteiger partial charge is 0.478 e. The Morgan fingerprint density at radius 1 is 0.812 bits per heavy atom. The van der Waals surface area contributed by atoms with Crippen molar-refractivity contribution in [2.45, 2.75) is 25.8 Å². The molecule has 0 unspecified atom stereocenters. The maximum Gasteiger partial charge on any atom is 0.335 e. The summed E-state index contributed by atoms with van der Waals surface area (Å²) in [5.41, 5.74) is 8.52. The number of aromatic carboxylic acids is 1. The van der Waals surface area contributed by atoms with Crippen molar-refractivity contribution in [2.24, 2.45) is 0 Å². The van der Waals surface area contributed by atoms with Crippen molar-refractivity contribution in [3.8, 4) is 11.1 Å². The van der Waals surface area contributed by atoms with Crippen molar-refractivity contribution >= 4 is 27.8 Å². The third-order valence-electron chi connectivity index (χ3n) is 7.01. The molecule has 0 saturated heterocycles. The lowest BCUT2D eigenvalue weighted by Crippen LogP contribution is -2.19. The number of para-hydroxylation sites is 2. The standard InChI is InChI=1S/C29H23NO2/c1-29(2)24-16-18(28(31)32)14-15-20(24)23-11-7-8-19(27(23)29)17-30-25-12-5-3-9-21(25)22-10-4-6-13-26(22)30/h3-16H,17H2,1-2H3,(H,31,32). The first-order valence-corrected chi connectivity index (χ1v) is 10.9. The highest BCUT2D eigenvalue weighted by atomic mass is 16.4. The summed E-state index contributed by atoms with van der Waals surface area (Å²) < 4.78 is 2.40. The van der Waals surface area contributed by atoms with E-state index in [2.05, 4.69) is 85.1 Å². The van der Waals surface area contributed by atoms with Crippen LogP contribution in [0.15, 0.2) is 84.9 Å². The van der Waals surface area contributed by atoms with E-state index in [1.165, 1.54) is 38.5 Å². The van der Waals surface area contributed by atoms with Crippen LogP contribution in [0.4, 0.5) is 0 Å². The minimum atomic E-state index is -0.884. The highest BCUT2D eigenvalue weighted by Crippen LogP contribution is 2.50. The Kier molecular flexibility index (Phi) is 3.88. The number of aromatic nitrogens is 1. The van der Waals surface area contributed by atoms with Gasteiger partial charge in [0, 0.05) is 33.8 Å². The van der Waals surface area contributed by atoms with Gasteiger partial charge in [0.05, 0.1) is 5.56 Å². The number of carboxylic acid groups (broad SMARTS) is 1. The molecule has 0 aliphatic heterocycles. The number of carboxylic acids is 1. The molecule has 1 aliphatic carbocycles. The van der Waals surface area contributed by atoms with Crippen LogP contribution >= 0.6 is 0 Å². The molecule has 0 saturated carbocycles. The minimum Gasteiger partial charge on any atom is -0.478 e. The zero-order chi connectivity index (χ0) is 22.0. The van der Waals surface area contributed by atoms with Crippen LogP contribution in [0.2, 0.25) is 0 Å². The summed E-state index contributed by atoms with van der Waals surface area (Å²) in [5.74, 6) is -0.884. The third kappa shape index (κ3) is 2.51.